The molecule has 0 saturated heterocycles. The van der Waals surface area contributed by atoms with Gasteiger partial charge >= 0.3 is 5.97 Å². The van der Waals surface area contributed by atoms with Crippen LogP contribution < -0.4 is 4.74 Å². The minimum absolute atomic E-state index is 0.121. The van der Waals surface area contributed by atoms with Gasteiger partial charge in [-0.25, -0.2) is 9.78 Å². The van der Waals surface area contributed by atoms with Crippen molar-refractivity contribution in [2.24, 2.45) is 0 Å². The van der Waals surface area contributed by atoms with Crippen LogP contribution in [0.3, 0.4) is 0 Å². The molecule has 2 aromatic heterocycles. The monoisotopic (exact) mass is 372 g/mol. The molecular weight excluding hydrogens is 352 g/mol. The molecule has 2 aromatic carbocycles. The molecule has 5 nitrogen and oxygen atoms in total. The van der Waals surface area contributed by atoms with Gasteiger partial charge in [0.25, 0.3) is 0 Å². The zero-order valence-corrected chi connectivity index (χ0v) is 15.3. The molecule has 0 fully saturated rings. The number of pyridine rings is 1. The van der Waals surface area contributed by atoms with E-state index in [9.17, 15) is 4.79 Å². The molecule has 0 saturated carbocycles. The quantitative estimate of drug-likeness (QED) is 0.459. The van der Waals surface area contributed by atoms with Gasteiger partial charge in [-0.05, 0) is 29.3 Å². The minimum Gasteiger partial charge on any atom is -0.482 e. The standard InChI is InChI=1S/C23H20N2O3/c26-23(28-16-20-15-25-13-7-6-12-22(25)24-20)17-27-21-11-5-4-10-19(21)14-18-8-2-1-3-9-18/h1-13,15H,14,16-17H2. The molecule has 0 N–H and O–H groups in total. The van der Waals surface area contributed by atoms with Crippen molar-refractivity contribution >= 4 is 11.6 Å². The molecule has 28 heavy (non-hydrogen) atoms. The average molecular weight is 372 g/mol. The smallest absolute Gasteiger partial charge is 0.344 e. The Bertz CT molecular complexity index is 1040. The van der Waals surface area contributed by atoms with E-state index >= 15 is 0 Å². The SMILES string of the molecule is O=C(COc1ccccc1Cc1ccccc1)OCc1cn2ccccc2n1. The van der Waals surface area contributed by atoms with Crippen LogP contribution in [0.15, 0.2) is 85.2 Å². The summed E-state index contributed by atoms with van der Waals surface area (Å²) in [7, 11) is 0. The number of carbonyl (C=O) groups is 1. The Morgan fingerprint density at radius 1 is 0.929 bits per heavy atom. The Labute approximate surface area is 163 Å². The molecule has 4 rings (SSSR count). The van der Waals surface area contributed by atoms with Gasteiger partial charge in [0.15, 0.2) is 6.61 Å². The highest BCUT2D eigenvalue weighted by molar-refractivity contribution is 5.71. The highest BCUT2D eigenvalue weighted by Crippen LogP contribution is 2.21. The van der Waals surface area contributed by atoms with Crippen molar-refractivity contribution in [2.75, 3.05) is 6.61 Å². The van der Waals surface area contributed by atoms with E-state index in [4.69, 9.17) is 9.47 Å². The molecule has 0 aliphatic rings. The molecule has 0 spiro atoms. The highest BCUT2D eigenvalue weighted by atomic mass is 16.6. The van der Waals surface area contributed by atoms with E-state index in [2.05, 4.69) is 17.1 Å². The Morgan fingerprint density at radius 2 is 1.71 bits per heavy atom. The van der Waals surface area contributed by atoms with Gasteiger partial charge in [0.05, 0.1) is 5.69 Å². The second-order valence-electron chi connectivity index (χ2n) is 6.42. The van der Waals surface area contributed by atoms with Crippen molar-refractivity contribution in [1.82, 2.24) is 9.38 Å². The first-order valence-electron chi connectivity index (χ1n) is 9.11. The lowest BCUT2D eigenvalue weighted by Gasteiger charge is -2.11. The lowest BCUT2D eigenvalue weighted by molar-refractivity contribution is -0.147. The number of hydrogen-bond donors (Lipinski definition) is 0. The summed E-state index contributed by atoms with van der Waals surface area (Å²) in [6, 6.07) is 23.6. The zero-order chi connectivity index (χ0) is 19.2. The summed E-state index contributed by atoms with van der Waals surface area (Å²) in [6.07, 6.45) is 4.49. The summed E-state index contributed by atoms with van der Waals surface area (Å²) in [5.41, 5.74) is 3.73. The van der Waals surface area contributed by atoms with Crippen LogP contribution in [0.4, 0.5) is 0 Å². The fraction of sp³-hybridized carbons (Fsp3) is 0.130. The predicted octanol–water partition coefficient (Wildman–Crippen LogP) is 4.05. The Hall–Kier alpha value is -3.60. The first kappa shape index (κ1) is 17.8. The predicted molar refractivity (Wildman–Crippen MR) is 106 cm³/mol. The highest BCUT2D eigenvalue weighted by Gasteiger charge is 2.10. The molecule has 2 heterocycles. The maximum Gasteiger partial charge on any atom is 0.344 e. The molecular formula is C23H20N2O3. The topological polar surface area (TPSA) is 52.8 Å². The van der Waals surface area contributed by atoms with Crippen LogP contribution in [0.2, 0.25) is 0 Å². The number of benzene rings is 2. The maximum atomic E-state index is 12.1. The number of ether oxygens (including phenoxy) is 2. The maximum absolute atomic E-state index is 12.1. The first-order chi connectivity index (χ1) is 13.8. The van der Waals surface area contributed by atoms with E-state index in [0.717, 1.165) is 17.6 Å². The second-order valence-corrected chi connectivity index (χ2v) is 6.42. The van der Waals surface area contributed by atoms with Gasteiger partial charge in [-0.3, -0.25) is 0 Å². The van der Waals surface area contributed by atoms with Gasteiger partial charge in [0.1, 0.15) is 18.0 Å². The van der Waals surface area contributed by atoms with E-state index in [1.807, 2.05) is 77.5 Å². The molecule has 5 heteroatoms. The number of para-hydroxylation sites is 1. The minimum atomic E-state index is -0.424. The summed E-state index contributed by atoms with van der Waals surface area (Å²) < 4.78 is 12.9. The van der Waals surface area contributed by atoms with Crippen molar-refractivity contribution in [3.8, 4) is 5.75 Å². The van der Waals surface area contributed by atoms with E-state index in [1.165, 1.54) is 5.56 Å². The number of hydrogen-bond acceptors (Lipinski definition) is 4. The molecule has 0 amide bonds. The van der Waals surface area contributed by atoms with Crippen LogP contribution in [0, 0.1) is 0 Å². The number of rotatable bonds is 7. The van der Waals surface area contributed by atoms with Crippen LogP contribution in [0.1, 0.15) is 16.8 Å². The van der Waals surface area contributed by atoms with E-state index in [1.54, 1.807) is 0 Å². The largest absolute Gasteiger partial charge is 0.482 e. The number of nitrogens with zero attached hydrogens (tertiary/aromatic N) is 2. The fourth-order valence-corrected chi connectivity index (χ4v) is 3.00. The number of esters is 1. The van der Waals surface area contributed by atoms with E-state index in [0.29, 0.717) is 11.4 Å². The zero-order valence-electron chi connectivity index (χ0n) is 15.3. The molecule has 4 aromatic rings. The van der Waals surface area contributed by atoms with Crippen LogP contribution in [0.5, 0.6) is 5.75 Å². The van der Waals surface area contributed by atoms with Crippen LogP contribution in [-0.2, 0) is 22.6 Å². The molecule has 0 aliphatic carbocycles. The summed E-state index contributed by atoms with van der Waals surface area (Å²) in [5.74, 6) is 0.266. The number of imidazole rings is 1. The van der Waals surface area contributed by atoms with Crippen molar-refractivity contribution in [1.29, 1.82) is 0 Å². The third kappa shape index (κ3) is 4.38. The van der Waals surface area contributed by atoms with Gasteiger partial charge in [0, 0.05) is 18.8 Å². The Balaban J connectivity index is 1.33. The molecule has 0 atom stereocenters. The first-order valence-corrected chi connectivity index (χ1v) is 9.11. The second kappa shape index (κ2) is 8.39. The third-order valence-electron chi connectivity index (χ3n) is 4.35. The van der Waals surface area contributed by atoms with Gasteiger partial charge in [-0.1, -0.05) is 54.6 Å². The summed E-state index contributed by atoms with van der Waals surface area (Å²) in [5, 5.41) is 0. The molecule has 0 radical (unpaired) electrons. The van der Waals surface area contributed by atoms with Gasteiger partial charge < -0.3 is 13.9 Å². The average Bonchev–Trinajstić information content (AvgIpc) is 3.15. The van der Waals surface area contributed by atoms with E-state index in [-0.39, 0.29) is 13.2 Å². The number of fused-ring (bicyclic) bond motifs is 1. The van der Waals surface area contributed by atoms with Gasteiger partial charge in [-0.15, -0.1) is 0 Å². The summed E-state index contributed by atoms with van der Waals surface area (Å²) in [6.45, 7) is -0.0191. The lowest BCUT2D eigenvalue weighted by Crippen LogP contribution is -2.15. The van der Waals surface area contributed by atoms with Crippen molar-refractivity contribution < 1.29 is 14.3 Å². The fourth-order valence-electron chi connectivity index (χ4n) is 3.00. The summed E-state index contributed by atoms with van der Waals surface area (Å²) >= 11 is 0. The molecule has 140 valence electrons. The van der Waals surface area contributed by atoms with Crippen LogP contribution in [0.25, 0.3) is 5.65 Å². The number of aromatic nitrogens is 2. The number of carbonyl (C=O) groups excluding carboxylic acids is 1. The third-order valence-corrected chi connectivity index (χ3v) is 4.35. The Kier molecular flexibility index (Phi) is 5.33. The molecule has 0 bridgehead atoms. The van der Waals surface area contributed by atoms with Crippen LogP contribution in [-0.4, -0.2) is 22.0 Å². The Morgan fingerprint density at radius 3 is 2.57 bits per heavy atom. The van der Waals surface area contributed by atoms with Crippen molar-refractivity contribution in [3.05, 3.63) is 102 Å². The van der Waals surface area contributed by atoms with E-state index < -0.39 is 5.97 Å². The van der Waals surface area contributed by atoms with Crippen LogP contribution >= 0.6 is 0 Å². The van der Waals surface area contributed by atoms with Crippen molar-refractivity contribution in [2.45, 2.75) is 13.0 Å². The van der Waals surface area contributed by atoms with Gasteiger partial charge in [0.2, 0.25) is 0 Å². The lowest BCUT2D eigenvalue weighted by atomic mass is 10.0. The van der Waals surface area contributed by atoms with Crippen molar-refractivity contribution in [3.63, 3.8) is 0 Å². The molecule has 0 aliphatic heterocycles. The summed E-state index contributed by atoms with van der Waals surface area (Å²) in [4.78, 5) is 16.5. The molecule has 0 unspecified atom stereocenters. The van der Waals surface area contributed by atoms with Gasteiger partial charge in [-0.2, -0.15) is 0 Å². The normalized spacial score (nSPS) is 10.7.